The number of nitrogens with zero attached hydrogens (tertiary/aromatic N) is 2. The van der Waals surface area contributed by atoms with Gasteiger partial charge in [0.1, 0.15) is 11.4 Å². The van der Waals surface area contributed by atoms with Crippen LogP contribution in [-0.2, 0) is 10.0 Å². The zero-order chi connectivity index (χ0) is 20.0. The van der Waals surface area contributed by atoms with Gasteiger partial charge in [-0.25, -0.2) is 12.7 Å². The number of sulfonamides is 1. The first kappa shape index (κ1) is 20.3. The van der Waals surface area contributed by atoms with Crippen molar-refractivity contribution in [2.24, 2.45) is 0 Å². The maximum atomic E-state index is 13.0. The second kappa shape index (κ2) is 8.56. The maximum absolute atomic E-state index is 13.0. The summed E-state index contributed by atoms with van der Waals surface area (Å²) in [4.78, 5) is 12.7. The third-order valence-electron chi connectivity index (χ3n) is 3.67. The smallest absolute Gasteiger partial charge is 0.273 e. The maximum Gasteiger partial charge on any atom is 0.273 e. The van der Waals surface area contributed by atoms with Crippen LogP contribution in [0.15, 0.2) is 46.3 Å². The lowest BCUT2D eigenvalue weighted by atomic mass is 10.2. The van der Waals surface area contributed by atoms with Gasteiger partial charge >= 0.3 is 0 Å². The van der Waals surface area contributed by atoms with Gasteiger partial charge in [-0.05, 0) is 44.5 Å². The molecule has 2 rings (SSSR count). The van der Waals surface area contributed by atoms with Crippen LogP contribution < -0.4 is 4.74 Å². The molecule has 0 radical (unpaired) electrons. The van der Waals surface area contributed by atoms with Crippen molar-refractivity contribution in [3.8, 4) is 18.1 Å². The fourth-order valence-corrected chi connectivity index (χ4v) is 4.00. The number of rotatable bonds is 8. The Morgan fingerprint density at radius 1 is 1.37 bits per heavy atom. The van der Waals surface area contributed by atoms with Crippen LogP contribution in [-0.4, -0.2) is 36.9 Å². The van der Waals surface area contributed by atoms with Crippen molar-refractivity contribution in [2.75, 3.05) is 13.2 Å². The number of terminal acetylenes is 1. The quantitative estimate of drug-likeness (QED) is 0.392. The van der Waals surface area contributed by atoms with Crippen molar-refractivity contribution in [3.63, 3.8) is 0 Å². The Morgan fingerprint density at radius 3 is 2.56 bits per heavy atom. The standard InChI is InChI=1S/C19H20N2O5S/c1-5-7-13-25-17-10-8-16(9-11-17)19(22)21(12-6-2)27(23,24)18-14(3)20-26-15(18)4/h2,5,8-11H,1,7,12-13H2,3-4H3. The van der Waals surface area contributed by atoms with Crippen LogP contribution >= 0.6 is 0 Å². The monoisotopic (exact) mass is 388 g/mol. The molecule has 0 aliphatic carbocycles. The number of carbonyl (C=O) groups is 1. The van der Waals surface area contributed by atoms with Gasteiger partial charge in [-0.3, -0.25) is 4.79 Å². The molecule has 0 spiro atoms. The Labute approximate surface area is 158 Å². The molecule has 8 heteroatoms. The Balaban J connectivity index is 2.32. The molecular weight excluding hydrogens is 368 g/mol. The van der Waals surface area contributed by atoms with E-state index in [0.717, 1.165) is 0 Å². The third-order valence-corrected chi connectivity index (χ3v) is 5.64. The summed E-state index contributed by atoms with van der Waals surface area (Å²) in [5, 5.41) is 3.64. The highest BCUT2D eigenvalue weighted by Crippen LogP contribution is 2.25. The Kier molecular flexibility index (Phi) is 6.42. The Bertz CT molecular complexity index is 949. The van der Waals surface area contributed by atoms with Gasteiger partial charge in [0.25, 0.3) is 15.9 Å². The van der Waals surface area contributed by atoms with Gasteiger partial charge in [-0.2, -0.15) is 0 Å². The van der Waals surface area contributed by atoms with Crippen LogP contribution in [0.3, 0.4) is 0 Å². The third kappa shape index (κ3) is 4.38. The molecule has 0 atom stereocenters. The molecule has 0 aliphatic heterocycles. The van der Waals surface area contributed by atoms with Gasteiger partial charge < -0.3 is 9.26 Å². The number of hydrogen-bond acceptors (Lipinski definition) is 6. The molecule has 0 bridgehead atoms. The second-order valence-corrected chi connectivity index (χ2v) is 7.42. The highest BCUT2D eigenvalue weighted by atomic mass is 32.2. The predicted octanol–water partition coefficient (Wildman–Crippen LogP) is 2.71. The summed E-state index contributed by atoms with van der Waals surface area (Å²) in [6, 6.07) is 6.15. The predicted molar refractivity (Wildman–Crippen MR) is 99.8 cm³/mol. The van der Waals surface area contributed by atoms with Crippen molar-refractivity contribution in [1.29, 1.82) is 0 Å². The normalized spacial score (nSPS) is 10.9. The largest absolute Gasteiger partial charge is 0.493 e. The minimum atomic E-state index is -4.21. The van der Waals surface area contributed by atoms with E-state index in [1.165, 1.54) is 26.0 Å². The topological polar surface area (TPSA) is 89.7 Å². The van der Waals surface area contributed by atoms with Crippen LogP contribution in [0.2, 0.25) is 0 Å². The van der Waals surface area contributed by atoms with Crippen molar-refractivity contribution in [1.82, 2.24) is 9.46 Å². The molecule has 0 saturated carbocycles. The minimum Gasteiger partial charge on any atom is -0.493 e. The Morgan fingerprint density at radius 2 is 2.04 bits per heavy atom. The Hall–Kier alpha value is -3.05. The molecule has 1 heterocycles. The van der Waals surface area contributed by atoms with Crippen LogP contribution in [0.25, 0.3) is 0 Å². The fraction of sp³-hybridized carbons (Fsp3) is 0.263. The average molecular weight is 388 g/mol. The van der Waals surface area contributed by atoms with E-state index in [0.29, 0.717) is 23.1 Å². The molecular formula is C19H20N2O5S. The first-order valence-electron chi connectivity index (χ1n) is 8.10. The van der Waals surface area contributed by atoms with Crippen molar-refractivity contribution in [2.45, 2.75) is 25.2 Å². The van der Waals surface area contributed by atoms with E-state index in [1.807, 2.05) is 0 Å². The molecule has 0 N–H and O–H groups in total. The van der Waals surface area contributed by atoms with E-state index in [-0.39, 0.29) is 21.9 Å². The molecule has 1 aromatic heterocycles. The molecule has 1 aromatic carbocycles. The van der Waals surface area contributed by atoms with Crippen LogP contribution in [0, 0.1) is 26.2 Å². The summed E-state index contributed by atoms with van der Waals surface area (Å²) in [7, 11) is -4.21. The number of hydrogen-bond donors (Lipinski definition) is 0. The molecule has 1 amide bonds. The molecule has 0 unspecified atom stereocenters. The number of carbonyl (C=O) groups excluding carboxylic acids is 1. The van der Waals surface area contributed by atoms with Crippen molar-refractivity contribution >= 4 is 15.9 Å². The molecule has 0 saturated heterocycles. The molecule has 27 heavy (non-hydrogen) atoms. The van der Waals surface area contributed by atoms with Crippen LogP contribution in [0.1, 0.15) is 28.2 Å². The van der Waals surface area contributed by atoms with Gasteiger partial charge in [-0.15, -0.1) is 13.0 Å². The highest BCUT2D eigenvalue weighted by molar-refractivity contribution is 7.89. The summed E-state index contributed by atoms with van der Waals surface area (Å²) in [5.41, 5.74) is 0.324. The molecule has 2 aromatic rings. The number of amides is 1. The first-order chi connectivity index (χ1) is 12.8. The summed E-state index contributed by atoms with van der Waals surface area (Å²) in [5.74, 6) is 2.12. The summed E-state index contributed by atoms with van der Waals surface area (Å²) >= 11 is 0. The number of ether oxygens (including phenoxy) is 1. The zero-order valence-electron chi connectivity index (χ0n) is 15.1. The van der Waals surface area contributed by atoms with Gasteiger partial charge in [0.15, 0.2) is 10.7 Å². The van der Waals surface area contributed by atoms with Gasteiger partial charge in [-0.1, -0.05) is 17.2 Å². The first-order valence-corrected chi connectivity index (χ1v) is 9.54. The lowest BCUT2D eigenvalue weighted by molar-refractivity contribution is 0.0873. The van der Waals surface area contributed by atoms with Crippen molar-refractivity contribution < 1.29 is 22.5 Å². The van der Waals surface area contributed by atoms with Crippen LogP contribution in [0.5, 0.6) is 5.75 Å². The van der Waals surface area contributed by atoms with Gasteiger partial charge in [0.05, 0.1) is 13.2 Å². The highest BCUT2D eigenvalue weighted by Gasteiger charge is 2.34. The van der Waals surface area contributed by atoms with Crippen LogP contribution in [0.4, 0.5) is 0 Å². The number of aromatic nitrogens is 1. The minimum absolute atomic E-state index is 0.0910. The summed E-state index contributed by atoms with van der Waals surface area (Å²) in [6.45, 7) is 6.60. The summed E-state index contributed by atoms with van der Waals surface area (Å²) < 4.78 is 36.9. The molecule has 0 fully saturated rings. The SMILES string of the molecule is C#CCN(C(=O)c1ccc(OCCC=C)cc1)S(=O)(=O)c1c(C)noc1C. The van der Waals surface area contributed by atoms with E-state index in [2.05, 4.69) is 17.7 Å². The lowest BCUT2D eigenvalue weighted by Crippen LogP contribution is -2.37. The second-order valence-electron chi connectivity index (χ2n) is 5.62. The molecule has 0 aliphatic rings. The van der Waals surface area contributed by atoms with E-state index in [4.69, 9.17) is 15.7 Å². The fourth-order valence-electron chi connectivity index (χ4n) is 2.40. The van der Waals surface area contributed by atoms with E-state index >= 15 is 0 Å². The van der Waals surface area contributed by atoms with E-state index in [9.17, 15) is 13.2 Å². The lowest BCUT2D eigenvalue weighted by Gasteiger charge is -2.20. The number of aryl methyl sites for hydroxylation is 2. The van der Waals surface area contributed by atoms with E-state index < -0.39 is 22.5 Å². The molecule has 142 valence electrons. The number of benzene rings is 1. The summed E-state index contributed by atoms with van der Waals surface area (Å²) in [6.07, 6.45) is 7.71. The van der Waals surface area contributed by atoms with Gasteiger partial charge in [0, 0.05) is 5.56 Å². The van der Waals surface area contributed by atoms with E-state index in [1.54, 1.807) is 18.2 Å². The zero-order valence-corrected chi connectivity index (χ0v) is 16.0. The van der Waals surface area contributed by atoms with Gasteiger partial charge in [0.2, 0.25) is 0 Å². The van der Waals surface area contributed by atoms with Crippen molar-refractivity contribution in [3.05, 3.63) is 53.9 Å². The average Bonchev–Trinajstić information content (AvgIpc) is 2.99. The molecule has 7 nitrogen and oxygen atoms in total.